The molecular weight excluding hydrogens is 315 g/mol. The largest absolute Gasteiger partial charge is 0.342 e. The lowest BCUT2D eigenvalue weighted by Gasteiger charge is -2.17. The number of benzene rings is 1. The molecule has 0 heterocycles. The maximum absolute atomic E-state index is 12.0. The zero-order chi connectivity index (χ0) is 12.0. The molecule has 1 aromatic carbocycles. The molecule has 0 aliphatic rings. The number of carbonyl (C=O) groups is 1. The second-order valence-corrected chi connectivity index (χ2v) is 4.94. The Balaban J connectivity index is 2.53. The van der Waals surface area contributed by atoms with Gasteiger partial charge < -0.3 is 10.2 Å². The minimum atomic E-state index is 0.0903. The van der Waals surface area contributed by atoms with E-state index in [0.717, 1.165) is 28.6 Å². The van der Waals surface area contributed by atoms with E-state index in [2.05, 4.69) is 27.9 Å². The lowest BCUT2D eigenvalue weighted by Crippen LogP contribution is -2.29. The smallest absolute Gasteiger partial charge is 0.253 e. The van der Waals surface area contributed by atoms with E-state index in [-0.39, 0.29) is 5.91 Å². The summed E-state index contributed by atoms with van der Waals surface area (Å²) in [6.07, 6.45) is 0.975. The zero-order valence-corrected chi connectivity index (χ0v) is 11.8. The third-order valence-corrected chi connectivity index (χ3v) is 3.08. The van der Waals surface area contributed by atoms with Crippen LogP contribution in [0.3, 0.4) is 0 Å². The second-order valence-electron chi connectivity index (χ2n) is 3.69. The molecule has 0 saturated heterocycles. The topological polar surface area (TPSA) is 32.3 Å². The quantitative estimate of drug-likeness (QED) is 0.661. The average molecular weight is 332 g/mol. The Labute approximate surface area is 110 Å². The fourth-order valence-electron chi connectivity index (χ4n) is 1.41. The van der Waals surface area contributed by atoms with E-state index in [4.69, 9.17) is 0 Å². The number of hydrogen-bond acceptors (Lipinski definition) is 2. The fraction of sp³-hybridized carbons (Fsp3) is 0.417. The summed E-state index contributed by atoms with van der Waals surface area (Å²) in [6.45, 7) is 1.72. The van der Waals surface area contributed by atoms with Gasteiger partial charge in [-0.25, -0.2) is 0 Å². The number of nitrogens with one attached hydrogen (secondary N) is 1. The molecule has 0 radical (unpaired) electrons. The van der Waals surface area contributed by atoms with E-state index in [1.54, 1.807) is 4.90 Å². The first-order chi connectivity index (χ1) is 7.65. The highest BCUT2D eigenvalue weighted by Crippen LogP contribution is 2.08. The summed E-state index contributed by atoms with van der Waals surface area (Å²) >= 11 is 2.23. The predicted octanol–water partition coefficient (Wildman–Crippen LogP) is 1.97. The number of nitrogens with zero attached hydrogens (tertiary/aromatic N) is 1. The van der Waals surface area contributed by atoms with Crippen molar-refractivity contribution < 1.29 is 4.79 Å². The van der Waals surface area contributed by atoms with Gasteiger partial charge >= 0.3 is 0 Å². The molecular formula is C12H17IN2O. The molecule has 0 atom stereocenters. The van der Waals surface area contributed by atoms with Crippen molar-refractivity contribution in [3.63, 3.8) is 0 Å². The number of amides is 1. The lowest BCUT2D eigenvalue weighted by molar-refractivity contribution is 0.0793. The molecule has 16 heavy (non-hydrogen) atoms. The van der Waals surface area contributed by atoms with E-state index in [1.165, 1.54) is 0 Å². The monoisotopic (exact) mass is 332 g/mol. The van der Waals surface area contributed by atoms with E-state index in [1.807, 2.05) is 38.4 Å². The van der Waals surface area contributed by atoms with Crippen LogP contribution in [0.1, 0.15) is 16.8 Å². The van der Waals surface area contributed by atoms with E-state index < -0.39 is 0 Å². The molecule has 0 aliphatic carbocycles. The average Bonchev–Trinajstić information content (AvgIpc) is 2.29. The van der Waals surface area contributed by atoms with Crippen molar-refractivity contribution in [3.05, 3.63) is 33.4 Å². The Kier molecular flexibility index (Phi) is 5.76. The van der Waals surface area contributed by atoms with Gasteiger partial charge in [0.05, 0.1) is 0 Å². The Morgan fingerprint density at radius 2 is 2.00 bits per heavy atom. The van der Waals surface area contributed by atoms with Crippen LogP contribution in [0.4, 0.5) is 0 Å². The first kappa shape index (κ1) is 13.4. The summed E-state index contributed by atoms with van der Waals surface area (Å²) in [5.74, 6) is 0.0903. The first-order valence-electron chi connectivity index (χ1n) is 5.31. The summed E-state index contributed by atoms with van der Waals surface area (Å²) < 4.78 is 1.15. The van der Waals surface area contributed by atoms with Crippen LogP contribution in [-0.4, -0.2) is 38.0 Å². The zero-order valence-electron chi connectivity index (χ0n) is 9.66. The summed E-state index contributed by atoms with van der Waals surface area (Å²) in [5.41, 5.74) is 0.757. The van der Waals surface area contributed by atoms with E-state index in [0.29, 0.717) is 0 Å². The summed E-state index contributed by atoms with van der Waals surface area (Å²) in [5, 5.41) is 3.07. The van der Waals surface area contributed by atoms with Crippen LogP contribution in [-0.2, 0) is 0 Å². The molecule has 0 unspecified atom stereocenters. The molecule has 1 amide bonds. The van der Waals surface area contributed by atoms with E-state index >= 15 is 0 Å². The molecule has 0 aliphatic heterocycles. The molecule has 1 rings (SSSR count). The molecule has 0 aromatic heterocycles. The first-order valence-corrected chi connectivity index (χ1v) is 6.38. The Morgan fingerprint density at radius 3 is 2.56 bits per heavy atom. The van der Waals surface area contributed by atoms with Gasteiger partial charge in [-0.05, 0) is 66.9 Å². The minimum Gasteiger partial charge on any atom is -0.342 e. The van der Waals surface area contributed by atoms with Crippen LogP contribution in [0.5, 0.6) is 0 Å². The van der Waals surface area contributed by atoms with Crippen LogP contribution in [0.15, 0.2) is 24.3 Å². The second kappa shape index (κ2) is 6.85. The predicted molar refractivity (Wildman–Crippen MR) is 74.7 cm³/mol. The van der Waals surface area contributed by atoms with Crippen LogP contribution < -0.4 is 5.32 Å². The number of halogens is 1. The molecule has 4 heteroatoms. The molecule has 3 nitrogen and oxygen atoms in total. The molecule has 0 bridgehead atoms. The van der Waals surface area contributed by atoms with Gasteiger partial charge in [0.25, 0.3) is 5.91 Å². The highest BCUT2D eigenvalue weighted by atomic mass is 127. The Morgan fingerprint density at radius 1 is 1.38 bits per heavy atom. The van der Waals surface area contributed by atoms with Gasteiger partial charge in [-0.3, -0.25) is 4.79 Å². The number of carbonyl (C=O) groups excluding carboxylic acids is 1. The Hall–Kier alpha value is -0.620. The summed E-state index contributed by atoms with van der Waals surface area (Å²) in [7, 11) is 3.76. The van der Waals surface area contributed by atoms with Crippen molar-refractivity contribution in [1.29, 1.82) is 0 Å². The number of rotatable bonds is 5. The van der Waals surface area contributed by atoms with Gasteiger partial charge in [-0.2, -0.15) is 0 Å². The molecule has 1 N–H and O–H groups in total. The fourth-order valence-corrected chi connectivity index (χ4v) is 1.77. The highest BCUT2D eigenvalue weighted by molar-refractivity contribution is 14.1. The molecule has 0 spiro atoms. The van der Waals surface area contributed by atoms with Gasteiger partial charge in [0.15, 0.2) is 0 Å². The van der Waals surface area contributed by atoms with Crippen molar-refractivity contribution in [1.82, 2.24) is 10.2 Å². The number of hydrogen-bond donors (Lipinski definition) is 1. The van der Waals surface area contributed by atoms with Gasteiger partial charge in [-0.1, -0.05) is 0 Å². The summed E-state index contributed by atoms with van der Waals surface area (Å²) in [4.78, 5) is 13.7. The van der Waals surface area contributed by atoms with Crippen molar-refractivity contribution in [2.75, 3.05) is 27.2 Å². The van der Waals surface area contributed by atoms with Crippen LogP contribution >= 0.6 is 22.6 Å². The van der Waals surface area contributed by atoms with Gasteiger partial charge in [0, 0.05) is 22.7 Å². The van der Waals surface area contributed by atoms with Crippen LogP contribution in [0.2, 0.25) is 0 Å². The molecule has 88 valence electrons. The third kappa shape index (κ3) is 4.09. The van der Waals surface area contributed by atoms with Gasteiger partial charge in [0.1, 0.15) is 0 Å². The van der Waals surface area contributed by atoms with Crippen LogP contribution in [0, 0.1) is 3.57 Å². The molecule has 0 saturated carbocycles. The molecule has 1 aromatic rings. The summed E-state index contributed by atoms with van der Waals surface area (Å²) in [6, 6.07) is 7.65. The normalized spacial score (nSPS) is 10.2. The van der Waals surface area contributed by atoms with Crippen molar-refractivity contribution in [3.8, 4) is 0 Å². The van der Waals surface area contributed by atoms with Crippen molar-refractivity contribution in [2.45, 2.75) is 6.42 Å². The third-order valence-electron chi connectivity index (χ3n) is 2.36. The van der Waals surface area contributed by atoms with E-state index in [9.17, 15) is 4.79 Å². The van der Waals surface area contributed by atoms with Crippen LogP contribution in [0.25, 0.3) is 0 Å². The Bertz CT molecular complexity index is 337. The highest BCUT2D eigenvalue weighted by Gasteiger charge is 2.10. The van der Waals surface area contributed by atoms with Gasteiger partial charge in [-0.15, -0.1) is 0 Å². The van der Waals surface area contributed by atoms with Crippen molar-refractivity contribution in [2.24, 2.45) is 0 Å². The molecule has 0 fully saturated rings. The minimum absolute atomic E-state index is 0.0903. The SMILES string of the molecule is CNCCCN(C)C(=O)c1ccc(I)cc1. The lowest BCUT2D eigenvalue weighted by atomic mass is 10.2. The maximum atomic E-state index is 12.0. The van der Waals surface area contributed by atoms with Gasteiger partial charge in [0.2, 0.25) is 0 Å². The standard InChI is InChI=1S/C12H17IN2O/c1-14-8-3-9-15(2)12(16)10-4-6-11(13)7-5-10/h4-7,14H,3,8-9H2,1-2H3. The van der Waals surface area contributed by atoms with Crippen molar-refractivity contribution >= 4 is 28.5 Å². The maximum Gasteiger partial charge on any atom is 0.253 e.